The smallest absolute Gasteiger partial charge is 0.262 e. The average molecular weight is 444 g/mol. The van der Waals surface area contributed by atoms with E-state index in [0.29, 0.717) is 16.7 Å². The molecule has 8 heteroatoms. The molecule has 3 rings (SSSR count). The van der Waals surface area contributed by atoms with Crippen LogP contribution in [-0.2, 0) is 4.79 Å². The number of halogens is 1. The topological polar surface area (TPSA) is 95.6 Å². The number of imide groups is 1. The number of rotatable bonds is 6. The third-order valence-electron chi connectivity index (χ3n) is 4.39. The highest BCUT2D eigenvalue weighted by Gasteiger charge is 2.40. The van der Waals surface area contributed by atoms with Crippen LogP contribution in [0.25, 0.3) is 0 Å². The molecular formula is C20H18BrN3O4. The molecule has 4 amide bonds. The monoisotopic (exact) mass is 443 g/mol. The largest absolute Gasteiger partial charge is 0.353 e. The van der Waals surface area contributed by atoms with E-state index in [0.717, 1.165) is 9.37 Å². The molecule has 144 valence electrons. The molecule has 0 aromatic heterocycles. The maximum atomic E-state index is 12.4. The summed E-state index contributed by atoms with van der Waals surface area (Å²) in [6.07, 6.45) is 0. The lowest BCUT2D eigenvalue weighted by Crippen LogP contribution is -2.49. The van der Waals surface area contributed by atoms with Crippen molar-refractivity contribution in [1.29, 1.82) is 0 Å². The summed E-state index contributed by atoms with van der Waals surface area (Å²) in [6.45, 7) is 1.88. The van der Waals surface area contributed by atoms with Crippen molar-refractivity contribution in [3.8, 4) is 0 Å². The predicted octanol–water partition coefficient (Wildman–Crippen LogP) is 1.98. The van der Waals surface area contributed by atoms with Gasteiger partial charge in [-0.05, 0) is 37.3 Å². The van der Waals surface area contributed by atoms with E-state index in [1.54, 1.807) is 42.5 Å². The van der Waals surface area contributed by atoms with Gasteiger partial charge in [0, 0.05) is 23.1 Å². The molecule has 1 unspecified atom stereocenters. The Morgan fingerprint density at radius 3 is 2.18 bits per heavy atom. The second-order valence-electron chi connectivity index (χ2n) is 6.26. The number of benzene rings is 2. The van der Waals surface area contributed by atoms with E-state index in [-0.39, 0.29) is 19.0 Å². The summed E-state index contributed by atoms with van der Waals surface area (Å²) in [5.41, 5.74) is 1.10. The summed E-state index contributed by atoms with van der Waals surface area (Å²) in [6, 6.07) is 12.5. The first-order valence-electron chi connectivity index (χ1n) is 8.68. The minimum absolute atomic E-state index is 0.173. The zero-order chi connectivity index (χ0) is 20.3. The Kier molecular flexibility index (Phi) is 5.89. The molecule has 1 aliphatic heterocycles. The van der Waals surface area contributed by atoms with Crippen molar-refractivity contribution >= 4 is 39.6 Å². The molecule has 2 N–H and O–H groups in total. The first-order chi connectivity index (χ1) is 13.4. The van der Waals surface area contributed by atoms with Gasteiger partial charge in [0.1, 0.15) is 6.04 Å². The van der Waals surface area contributed by atoms with Crippen molar-refractivity contribution < 1.29 is 19.2 Å². The molecule has 2 aromatic carbocycles. The van der Waals surface area contributed by atoms with E-state index in [1.165, 1.54) is 6.92 Å². The fourth-order valence-corrected chi connectivity index (χ4v) is 3.32. The summed E-state index contributed by atoms with van der Waals surface area (Å²) in [4.78, 5) is 50.2. The second-order valence-corrected chi connectivity index (χ2v) is 7.17. The van der Waals surface area contributed by atoms with Gasteiger partial charge in [-0.2, -0.15) is 0 Å². The number of hydrogen-bond donors (Lipinski definition) is 2. The Balaban J connectivity index is 1.51. The SMILES string of the molecule is CC(C(=O)NCCNC(=O)c1cccc(Br)c1)N1C(=O)c2ccccc2C1=O. The lowest BCUT2D eigenvalue weighted by Gasteiger charge is -2.21. The summed E-state index contributed by atoms with van der Waals surface area (Å²) in [5.74, 6) is -1.69. The van der Waals surface area contributed by atoms with Crippen LogP contribution >= 0.6 is 15.9 Å². The molecule has 0 saturated heterocycles. The fraction of sp³-hybridized carbons (Fsp3) is 0.200. The van der Waals surface area contributed by atoms with Crippen LogP contribution in [0.15, 0.2) is 53.0 Å². The van der Waals surface area contributed by atoms with E-state index in [4.69, 9.17) is 0 Å². The molecule has 0 bridgehead atoms. The van der Waals surface area contributed by atoms with Crippen LogP contribution in [0.4, 0.5) is 0 Å². The van der Waals surface area contributed by atoms with Crippen LogP contribution < -0.4 is 10.6 Å². The number of hydrogen-bond acceptors (Lipinski definition) is 4. The Morgan fingerprint density at radius 1 is 0.964 bits per heavy atom. The van der Waals surface area contributed by atoms with Gasteiger partial charge in [0.2, 0.25) is 5.91 Å². The highest BCUT2D eigenvalue weighted by atomic mass is 79.9. The molecule has 1 heterocycles. The van der Waals surface area contributed by atoms with E-state index < -0.39 is 23.8 Å². The van der Waals surface area contributed by atoms with Gasteiger partial charge in [0.05, 0.1) is 11.1 Å². The Morgan fingerprint density at radius 2 is 1.57 bits per heavy atom. The van der Waals surface area contributed by atoms with Crippen LogP contribution in [0.3, 0.4) is 0 Å². The molecule has 2 aromatic rings. The van der Waals surface area contributed by atoms with Crippen molar-refractivity contribution in [2.24, 2.45) is 0 Å². The standard InChI is InChI=1S/C20H18BrN3O4/c1-12(24-19(27)15-7-2-3-8-16(15)20(24)28)17(25)22-9-10-23-18(26)13-5-4-6-14(21)11-13/h2-8,11-12H,9-10H2,1H3,(H,22,25)(H,23,26). The van der Waals surface area contributed by atoms with Crippen LogP contribution in [0.2, 0.25) is 0 Å². The van der Waals surface area contributed by atoms with E-state index in [2.05, 4.69) is 26.6 Å². The number of nitrogens with zero attached hydrogens (tertiary/aromatic N) is 1. The number of fused-ring (bicyclic) bond motifs is 1. The molecule has 0 aliphatic carbocycles. The molecule has 1 aliphatic rings. The maximum absolute atomic E-state index is 12.4. The molecule has 28 heavy (non-hydrogen) atoms. The first-order valence-corrected chi connectivity index (χ1v) is 9.48. The van der Waals surface area contributed by atoms with E-state index in [9.17, 15) is 19.2 Å². The zero-order valence-electron chi connectivity index (χ0n) is 15.1. The van der Waals surface area contributed by atoms with Gasteiger partial charge in [-0.15, -0.1) is 0 Å². The zero-order valence-corrected chi connectivity index (χ0v) is 16.7. The molecule has 0 saturated carbocycles. The molecule has 0 radical (unpaired) electrons. The van der Waals surface area contributed by atoms with Crippen molar-refractivity contribution in [3.63, 3.8) is 0 Å². The summed E-state index contributed by atoms with van der Waals surface area (Å²) in [5, 5.41) is 5.34. The highest BCUT2D eigenvalue weighted by Crippen LogP contribution is 2.24. The summed E-state index contributed by atoms with van der Waals surface area (Å²) < 4.78 is 0.795. The summed E-state index contributed by atoms with van der Waals surface area (Å²) in [7, 11) is 0. The van der Waals surface area contributed by atoms with Gasteiger partial charge in [0.25, 0.3) is 17.7 Å². The van der Waals surface area contributed by atoms with Gasteiger partial charge >= 0.3 is 0 Å². The van der Waals surface area contributed by atoms with Crippen molar-refractivity contribution in [1.82, 2.24) is 15.5 Å². The third-order valence-corrected chi connectivity index (χ3v) is 4.88. The lowest BCUT2D eigenvalue weighted by atomic mass is 10.1. The molecule has 7 nitrogen and oxygen atoms in total. The molecule has 0 fully saturated rings. The normalized spacial score (nSPS) is 13.9. The number of nitrogens with one attached hydrogen (secondary N) is 2. The van der Waals surface area contributed by atoms with Crippen LogP contribution in [-0.4, -0.2) is 47.7 Å². The average Bonchev–Trinajstić information content (AvgIpc) is 2.95. The number of carbonyl (C=O) groups is 4. The lowest BCUT2D eigenvalue weighted by molar-refractivity contribution is -0.124. The fourth-order valence-electron chi connectivity index (χ4n) is 2.92. The van der Waals surface area contributed by atoms with Gasteiger partial charge in [-0.25, -0.2) is 0 Å². The van der Waals surface area contributed by atoms with Gasteiger partial charge in [-0.1, -0.05) is 34.1 Å². The van der Waals surface area contributed by atoms with E-state index in [1.807, 2.05) is 6.07 Å². The minimum atomic E-state index is -0.951. The number of carbonyl (C=O) groups excluding carboxylic acids is 4. The van der Waals surface area contributed by atoms with Gasteiger partial charge in [-0.3, -0.25) is 24.1 Å². The van der Waals surface area contributed by atoms with Crippen LogP contribution in [0.1, 0.15) is 38.0 Å². The maximum Gasteiger partial charge on any atom is 0.262 e. The third kappa shape index (κ3) is 3.96. The van der Waals surface area contributed by atoms with Crippen molar-refractivity contribution in [2.75, 3.05) is 13.1 Å². The predicted molar refractivity (Wildman–Crippen MR) is 106 cm³/mol. The Bertz CT molecular complexity index is 925. The molecule has 0 spiro atoms. The second kappa shape index (κ2) is 8.35. The van der Waals surface area contributed by atoms with Crippen LogP contribution in [0, 0.1) is 0 Å². The van der Waals surface area contributed by atoms with Crippen LogP contribution in [0.5, 0.6) is 0 Å². The molecular weight excluding hydrogens is 426 g/mol. The Hall–Kier alpha value is -3.00. The van der Waals surface area contributed by atoms with E-state index >= 15 is 0 Å². The van der Waals surface area contributed by atoms with Gasteiger partial charge in [0.15, 0.2) is 0 Å². The van der Waals surface area contributed by atoms with Crippen molar-refractivity contribution in [3.05, 3.63) is 69.7 Å². The van der Waals surface area contributed by atoms with Gasteiger partial charge < -0.3 is 10.6 Å². The summed E-state index contributed by atoms with van der Waals surface area (Å²) >= 11 is 3.30. The quantitative estimate of drug-likeness (QED) is 0.526. The minimum Gasteiger partial charge on any atom is -0.353 e. The molecule has 1 atom stereocenters. The number of amides is 4. The highest BCUT2D eigenvalue weighted by molar-refractivity contribution is 9.10. The van der Waals surface area contributed by atoms with Crippen molar-refractivity contribution in [2.45, 2.75) is 13.0 Å². The Labute approximate surface area is 170 Å². The first kappa shape index (κ1) is 19.8.